The molecule has 186 valence electrons. The van der Waals surface area contributed by atoms with Gasteiger partial charge in [-0.3, -0.25) is 4.79 Å². The first-order chi connectivity index (χ1) is 16.3. The highest BCUT2D eigenvalue weighted by Gasteiger charge is 2.35. The average molecular weight is 489 g/mol. The number of hydrogen-bond acceptors (Lipinski definition) is 4. The van der Waals surface area contributed by atoms with Gasteiger partial charge in [0.1, 0.15) is 11.4 Å². The zero-order chi connectivity index (χ0) is 25.5. The fraction of sp³-hybridized carbons (Fsp3) is 0.360. The Kier molecular flexibility index (Phi) is 6.27. The highest BCUT2D eigenvalue weighted by molar-refractivity contribution is 6.05. The van der Waals surface area contributed by atoms with Crippen molar-refractivity contribution >= 4 is 28.9 Å². The van der Waals surface area contributed by atoms with E-state index in [-0.39, 0.29) is 18.3 Å². The summed E-state index contributed by atoms with van der Waals surface area (Å²) in [4.78, 5) is 26.6. The van der Waals surface area contributed by atoms with Gasteiger partial charge in [-0.1, -0.05) is 12.1 Å². The molecule has 0 spiro atoms. The van der Waals surface area contributed by atoms with E-state index in [1.54, 1.807) is 39.0 Å². The molecule has 0 saturated carbocycles. The van der Waals surface area contributed by atoms with Crippen LogP contribution in [0.2, 0.25) is 0 Å². The van der Waals surface area contributed by atoms with Gasteiger partial charge in [0.25, 0.3) is 0 Å². The maximum absolute atomic E-state index is 13.1. The Morgan fingerprint density at radius 2 is 2.03 bits per heavy atom. The summed E-state index contributed by atoms with van der Waals surface area (Å²) in [7, 11) is 0. The lowest BCUT2D eigenvalue weighted by atomic mass is 9.88. The van der Waals surface area contributed by atoms with Gasteiger partial charge in [0.05, 0.1) is 11.7 Å². The van der Waals surface area contributed by atoms with Crippen molar-refractivity contribution < 1.29 is 32.6 Å². The van der Waals surface area contributed by atoms with Crippen molar-refractivity contribution in [2.75, 3.05) is 17.2 Å². The number of aliphatic hydroxyl groups excluding tert-OH is 1. The number of urea groups is 1. The number of anilines is 2. The molecule has 2 aromatic carbocycles. The minimum absolute atomic E-state index is 0.0772. The number of ether oxygens (including phenoxy) is 1. The van der Waals surface area contributed by atoms with Gasteiger partial charge >= 0.3 is 12.2 Å². The molecule has 0 unspecified atom stereocenters. The van der Waals surface area contributed by atoms with Crippen LogP contribution in [0.1, 0.15) is 43.9 Å². The number of β-amino-alcohol motifs (C(OH)–C–C–N with tert-alkyl or cyclic N) is 1. The summed E-state index contributed by atoms with van der Waals surface area (Å²) in [6.45, 7) is 5.62. The number of nitrogens with one attached hydrogen (secondary N) is 2. The van der Waals surface area contributed by atoms with E-state index >= 15 is 0 Å². The van der Waals surface area contributed by atoms with Crippen molar-refractivity contribution in [3.63, 3.8) is 0 Å². The molecule has 2 heterocycles. The first kappa shape index (κ1) is 24.6. The van der Waals surface area contributed by atoms with Gasteiger partial charge in [-0.25, -0.2) is 4.79 Å². The summed E-state index contributed by atoms with van der Waals surface area (Å²) >= 11 is 0. The summed E-state index contributed by atoms with van der Waals surface area (Å²) < 4.78 is 45.2. The molecule has 3 amide bonds. The molecule has 1 atom stereocenters. The maximum atomic E-state index is 13.1. The second kappa shape index (κ2) is 8.92. The van der Waals surface area contributed by atoms with E-state index in [0.717, 1.165) is 17.7 Å². The van der Waals surface area contributed by atoms with E-state index in [1.165, 1.54) is 17.0 Å². The molecule has 0 radical (unpaired) electrons. The molecule has 0 bridgehead atoms. The van der Waals surface area contributed by atoms with Crippen molar-refractivity contribution in [1.82, 2.24) is 4.90 Å². The van der Waals surface area contributed by atoms with Gasteiger partial charge in [0.15, 0.2) is 0 Å². The van der Waals surface area contributed by atoms with E-state index in [1.807, 2.05) is 0 Å². The molecule has 0 aliphatic carbocycles. The number of amides is 3. The lowest BCUT2D eigenvalue weighted by Gasteiger charge is -2.34. The summed E-state index contributed by atoms with van der Waals surface area (Å²) in [6.07, 6.45) is -3.47. The fourth-order valence-corrected chi connectivity index (χ4v) is 4.25. The van der Waals surface area contributed by atoms with Crippen molar-refractivity contribution in [3.8, 4) is 5.75 Å². The minimum Gasteiger partial charge on any atom is -0.487 e. The zero-order valence-electron chi connectivity index (χ0n) is 19.5. The second-order valence-corrected chi connectivity index (χ2v) is 9.44. The van der Waals surface area contributed by atoms with Crippen LogP contribution in [-0.4, -0.2) is 40.2 Å². The first-order valence-electron chi connectivity index (χ1n) is 11.1. The fourth-order valence-electron chi connectivity index (χ4n) is 4.25. The van der Waals surface area contributed by atoms with Gasteiger partial charge in [0.2, 0.25) is 5.91 Å². The first-order valence-corrected chi connectivity index (χ1v) is 11.1. The number of halogens is 3. The van der Waals surface area contributed by atoms with Crippen molar-refractivity contribution in [1.29, 1.82) is 0 Å². The van der Waals surface area contributed by atoms with Gasteiger partial charge in [-0.15, -0.1) is 0 Å². The van der Waals surface area contributed by atoms with Crippen LogP contribution < -0.4 is 15.4 Å². The normalized spacial score (nSPS) is 18.8. The quantitative estimate of drug-likeness (QED) is 0.527. The number of fused-ring (bicyclic) bond motifs is 2. The largest absolute Gasteiger partial charge is 0.487 e. The number of carbonyl (C=O) groups is 2. The Labute approximate surface area is 200 Å². The van der Waals surface area contributed by atoms with Crippen LogP contribution in [0.3, 0.4) is 0 Å². The molecule has 2 aliphatic rings. The summed E-state index contributed by atoms with van der Waals surface area (Å²) in [5.41, 5.74) is 1.22. The average Bonchev–Trinajstić information content (AvgIpc) is 2.72. The molecule has 0 aromatic heterocycles. The highest BCUT2D eigenvalue weighted by atomic mass is 19.4. The summed E-state index contributed by atoms with van der Waals surface area (Å²) in [6, 6.07) is 8.01. The predicted octanol–water partition coefficient (Wildman–Crippen LogP) is 5.02. The number of benzene rings is 2. The summed E-state index contributed by atoms with van der Waals surface area (Å²) in [5.74, 6) is -0.380. The van der Waals surface area contributed by atoms with Gasteiger partial charge in [-0.2, -0.15) is 13.2 Å². The van der Waals surface area contributed by atoms with Crippen LogP contribution in [0.25, 0.3) is 5.57 Å². The Hall–Kier alpha value is -3.53. The Morgan fingerprint density at radius 3 is 2.71 bits per heavy atom. The minimum atomic E-state index is -4.50. The van der Waals surface area contributed by atoms with Crippen LogP contribution in [0.15, 0.2) is 42.5 Å². The molecule has 10 heteroatoms. The topological polar surface area (TPSA) is 90.9 Å². The van der Waals surface area contributed by atoms with E-state index in [0.29, 0.717) is 35.5 Å². The molecule has 0 saturated heterocycles. The van der Waals surface area contributed by atoms with E-state index in [9.17, 15) is 27.9 Å². The molecular weight excluding hydrogens is 463 g/mol. The molecule has 7 nitrogen and oxygen atoms in total. The lowest BCUT2D eigenvalue weighted by molar-refractivity contribution is -0.137. The molecule has 3 N–H and O–H groups in total. The third-order valence-corrected chi connectivity index (χ3v) is 5.71. The van der Waals surface area contributed by atoms with Crippen LogP contribution in [-0.2, 0) is 17.5 Å². The second-order valence-electron chi connectivity index (χ2n) is 9.44. The number of rotatable bonds is 4. The third kappa shape index (κ3) is 5.59. The molecule has 4 rings (SSSR count). The van der Waals surface area contributed by atoms with Crippen LogP contribution in [0, 0.1) is 0 Å². The van der Waals surface area contributed by atoms with E-state index in [4.69, 9.17) is 4.74 Å². The van der Waals surface area contributed by atoms with Crippen molar-refractivity contribution in [3.05, 3.63) is 59.2 Å². The summed E-state index contributed by atoms with van der Waals surface area (Å²) in [5, 5.41) is 15.1. The third-order valence-electron chi connectivity index (χ3n) is 5.71. The van der Waals surface area contributed by atoms with Crippen molar-refractivity contribution in [2.45, 2.75) is 51.6 Å². The molecular formula is C25H26F3N3O4. The van der Waals surface area contributed by atoms with Crippen LogP contribution in [0.4, 0.5) is 29.3 Å². The molecule has 2 aromatic rings. The monoisotopic (exact) mass is 489 g/mol. The van der Waals surface area contributed by atoms with E-state index < -0.39 is 29.4 Å². The van der Waals surface area contributed by atoms with Crippen molar-refractivity contribution in [2.24, 2.45) is 0 Å². The number of nitrogens with zero attached hydrogens (tertiary/aromatic N) is 1. The van der Waals surface area contributed by atoms with Crippen LogP contribution in [0.5, 0.6) is 5.75 Å². The Bertz CT molecular complexity index is 1200. The molecule has 35 heavy (non-hydrogen) atoms. The SMILES string of the molecule is C[C@H](O)CN1Cc2ccc(NC(=O)C=C3CC(C)(C)Oc4cc(C(F)(F)F)ccc43)cc2NC1=O. The number of carbonyl (C=O) groups excluding carboxylic acids is 2. The van der Waals surface area contributed by atoms with Crippen LogP contribution >= 0.6 is 0 Å². The lowest BCUT2D eigenvalue weighted by Crippen LogP contribution is -2.42. The smallest absolute Gasteiger partial charge is 0.416 e. The molecule has 0 fully saturated rings. The number of aliphatic hydroxyl groups is 1. The predicted molar refractivity (Wildman–Crippen MR) is 125 cm³/mol. The Balaban J connectivity index is 1.55. The van der Waals surface area contributed by atoms with Gasteiger partial charge in [-0.05, 0) is 56.2 Å². The number of hydrogen-bond donors (Lipinski definition) is 3. The zero-order valence-corrected chi connectivity index (χ0v) is 19.5. The highest BCUT2D eigenvalue weighted by Crippen LogP contribution is 2.43. The van der Waals surface area contributed by atoms with Gasteiger partial charge in [0, 0.05) is 42.5 Å². The standard InChI is InChI=1S/C25H26F3N3O4/c1-14(32)12-31-13-15-4-6-18(10-20(15)30-23(31)34)29-22(33)8-16-11-24(2,3)35-21-9-17(25(26,27)28)5-7-19(16)21/h4-10,14,32H,11-13H2,1-3H3,(H,29,33)(H,30,34)/t14-/m0/s1. The number of alkyl halides is 3. The molecule has 2 aliphatic heterocycles. The van der Waals surface area contributed by atoms with E-state index in [2.05, 4.69) is 10.6 Å². The maximum Gasteiger partial charge on any atom is 0.416 e. The van der Waals surface area contributed by atoms with Gasteiger partial charge < -0.3 is 25.4 Å². The Morgan fingerprint density at radius 1 is 1.29 bits per heavy atom.